The van der Waals surface area contributed by atoms with Crippen LogP contribution >= 0.6 is 0 Å². The molecular formula is C6H12O2. The fourth-order valence-corrected chi connectivity index (χ4v) is 0.485. The molecule has 2 radical (unpaired) electrons. The van der Waals surface area contributed by atoms with Gasteiger partial charge in [0.25, 0.3) is 0 Å². The first kappa shape index (κ1) is 7.92. The Morgan fingerprint density at radius 1 is 1.50 bits per heavy atom. The van der Waals surface area contributed by atoms with Gasteiger partial charge in [0.2, 0.25) is 0 Å². The van der Waals surface area contributed by atoms with Crippen molar-refractivity contribution in [1.82, 2.24) is 0 Å². The average Bonchev–Trinajstić information content (AvgIpc) is 1.66. The third-order valence-electron chi connectivity index (χ3n) is 0.904. The van der Waals surface area contributed by atoms with E-state index in [-0.39, 0.29) is 0 Å². The molecule has 0 fully saturated rings. The number of hydrogen-bond donors (Lipinski definition) is 0. The summed E-state index contributed by atoms with van der Waals surface area (Å²) in [6.45, 7) is 4.43. The maximum absolute atomic E-state index is 9.40. The van der Waals surface area contributed by atoms with E-state index in [0.717, 1.165) is 12.8 Å². The van der Waals surface area contributed by atoms with Gasteiger partial charge in [-0.1, -0.05) is 13.8 Å². The normalized spacial score (nSPS) is 10.5. The van der Waals surface area contributed by atoms with Crippen molar-refractivity contribution in [1.29, 1.82) is 0 Å². The molecule has 0 aliphatic heterocycles. The van der Waals surface area contributed by atoms with Gasteiger partial charge in [-0.05, 0) is 24.0 Å². The van der Waals surface area contributed by atoms with Crippen LogP contribution < -0.4 is 0 Å². The lowest BCUT2D eigenvalue weighted by Gasteiger charge is -1.98. The summed E-state index contributed by atoms with van der Waals surface area (Å²) in [4.78, 5) is 3.63. The average molecular weight is 116 g/mol. The van der Waals surface area contributed by atoms with Crippen LogP contribution in [0.4, 0.5) is 0 Å². The van der Waals surface area contributed by atoms with Crippen LogP contribution in [0, 0.1) is 5.92 Å². The van der Waals surface area contributed by atoms with Crippen LogP contribution in [0.5, 0.6) is 0 Å². The molecule has 0 bridgehead atoms. The van der Waals surface area contributed by atoms with Crippen LogP contribution in [0.1, 0.15) is 26.7 Å². The SMILES string of the molecule is C[C](C)CCCO[O]. The minimum atomic E-state index is 0.338. The Labute approximate surface area is 50.4 Å². The highest BCUT2D eigenvalue weighted by atomic mass is 17.1. The summed E-state index contributed by atoms with van der Waals surface area (Å²) in [6.07, 6.45) is 1.86. The molecule has 0 atom stereocenters. The van der Waals surface area contributed by atoms with Crippen LogP contribution in [-0.2, 0) is 10.1 Å². The lowest BCUT2D eigenvalue weighted by Crippen LogP contribution is -1.90. The molecule has 0 unspecified atom stereocenters. The van der Waals surface area contributed by atoms with Gasteiger partial charge in [-0.3, -0.25) is 0 Å². The topological polar surface area (TPSA) is 29.1 Å². The van der Waals surface area contributed by atoms with Crippen LogP contribution in [0.25, 0.3) is 0 Å². The maximum Gasteiger partial charge on any atom is 0.0855 e. The Kier molecular flexibility index (Phi) is 5.01. The summed E-state index contributed by atoms with van der Waals surface area (Å²) >= 11 is 0. The molecule has 2 nitrogen and oxygen atoms in total. The van der Waals surface area contributed by atoms with Crippen LogP contribution in [-0.4, -0.2) is 6.61 Å². The largest absolute Gasteiger partial charge is 0.204 e. The molecule has 0 aromatic carbocycles. The van der Waals surface area contributed by atoms with Gasteiger partial charge < -0.3 is 0 Å². The van der Waals surface area contributed by atoms with Gasteiger partial charge in [-0.2, -0.15) is 0 Å². The first-order valence-corrected chi connectivity index (χ1v) is 2.81. The van der Waals surface area contributed by atoms with Crippen molar-refractivity contribution in [2.75, 3.05) is 6.61 Å². The monoisotopic (exact) mass is 116 g/mol. The Bertz CT molecular complexity index is 43.8. The second kappa shape index (κ2) is 5.06. The molecule has 8 heavy (non-hydrogen) atoms. The van der Waals surface area contributed by atoms with Crippen molar-refractivity contribution in [3.8, 4) is 0 Å². The molecule has 2 heteroatoms. The molecule has 0 aliphatic carbocycles. The second-order valence-corrected chi connectivity index (χ2v) is 2.13. The van der Waals surface area contributed by atoms with E-state index in [2.05, 4.69) is 4.89 Å². The molecule has 0 amide bonds. The molecule has 0 spiro atoms. The van der Waals surface area contributed by atoms with Gasteiger partial charge >= 0.3 is 0 Å². The maximum atomic E-state index is 9.40. The highest BCUT2D eigenvalue weighted by Gasteiger charge is 1.92. The summed E-state index contributed by atoms with van der Waals surface area (Å²) in [5.74, 6) is 1.35. The van der Waals surface area contributed by atoms with Gasteiger partial charge in [0, 0.05) is 0 Å². The third kappa shape index (κ3) is 5.92. The summed E-state index contributed by atoms with van der Waals surface area (Å²) in [5, 5.41) is 9.40. The van der Waals surface area contributed by atoms with Crippen LogP contribution in [0.15, 0.2) is 0 Å². The van der Waals surface area contributed by atoms with Crippen molar-refractivity contribution in [3.05, 3.63) is 5.92 Å². The second-order valence-electron chi connectivity index (χ2n) is 2.13. The van der Waals surface area contributed by atoms with E-state index in [0.29, 0.717) is 6.61 Å². The number of rotatable bonds is 4. The fraction of sp³-hybridized carbons (Fsp3) is 0.833. The molecule has 48 valence electrons. The molecule has 0 rings (SSSR count). The Balaban J connectivity index is 2.72. The predicted octanol–water partition coefficient (Wildman–Crippen LogP) is 1.74. The van der Waals surface area contributed by atoms with E-state index < -0.39 is 0 Å². The smallest absolute Gasteiger partial charge is 0.0855 e. The van der Waals surface area contributed by atoms with E-state index in [1.807, 2.05) is 13.8 Å². The molecule has 0 aromatic rings. The van der Waals surface area contributed by atoms with Gasteiger partial charge in [0.05, 0.1) is 6.61 Å². The van der Waals surface area contributed by atoms with Crippen LogP contribution in [0.3, 0.4) is 0 Å². The van der Waals surface area contributed by atoms with E-state index in [1.54, 1.807) is 0 Å². The van der Waals surface area contributed by atoms with Crippen molar-refractivity contribution in [2.45, 2.75) is 26.7 Å². The number of hydrogen-bond acceptors (Lipinski definition) is 1. The van der Waals surface area contributed by atoms with E-state index in [4.69, 9.17) is 0 Å². The quantitative estimate of drug-likeness (QED) is 0.312. The van der Waals surface area contributed by atoms with Crippen molar-refractivity contribution in [3.63, 3.8) is 0 Å². The van der Waals surface area contributed by atoms with Crippen molar-refractivity contribution < 1.29 is 10.1 Å². The van der Waals surface area contributed by atoms with Crippen LogP contribution in [0.2, 0.25) is 0 Å². The van der Waals surface area contributed by atoms with Crippen molar-refractivity contribution in [2.24, 2.45) is 0 Å². The Morgan fingerprint density at radius 3 is 2.50 bits per heavy atom. The highest BCUT2D eigenvalue weighted by molar-refractivity contribution is 4.75. The summed E-state index contributed by atoms with van der Waals surface area (Å²) < 4.78 is 0. The molecule has 0 saturated carbocycles. The lowest BCUT2D eigenvalue weighted by molar-refractivity contribution is -0.303. The zero-order chi connectivity index (χ0) is 6.41. The lowest BCUT2D eigenvalue weighted by atomic mass is 10.1. The van der Waals surface area contributed by atoms with E-state index >= 15 is 0 Å². The molecule has 0 saturated heterocycles. The molecule has 0 heterocycles. The molecule has 0 aliphatic rings. The van der Waals surface area contributed by atoms with Gasteiger partial charge in [0.15, 0.2) is 0 Å². The molecule has 0 N–H and O–H groups in total. The Morgan fingerprint density at radius 2 is 2.12 bits per heavy atom. The summed E-state index contributed by atoms with van der Waals surface area (Å²) in [6, 6.07) is 0. The standard InChI is InChI=1S/C6H12O2/c1-6(2)4-3-5-8-7/h3-5H2,1-2H3. The summed E-state index contributed by atoms with van der Waals surface area (Å²) in [5.41, 5.74) is 0. The first-order chi connectivity index (χ1) is 3.77. The minimum Gasteiger partial charge on any atom is -0.204 e. The first-order valence-electron chi connectivity index (χ1n) is 2.81. The summed E-state index contributed by atoms with van der Waals surface area (Å²) in [7, 11) is 0. The highest BCUT2D eigenvalue weighted by Crippen LogP contribution is 2.04. The third-order valence-corrected chi connectivity index (χ3v) is 0.904. The van der Waals surface area contributed by atoms with Gasteiger partial charge in [-0.15, -0.1) is 0 Å². The van der Waals surface area contributed by atoms with E-state index in [1.165, 1.54) is 5.92 Å². The fourth-order valence-electron chi connectivity index (χ4n) is 0.485. The minimum absolute atomic E-state index is 0.338. The molecular weight excluding hydrogens is 104 g/mol. The van der Waals surface area contributed by atoms with Gasteiger partial charge in [-0.25, -0.2) is 4.89 Å². The predicted molar refractivity (Wildman–Crippen MR) is 30.5 cm³/mol. The zero-order valence-electron chi connectivity index (χ0n) is 5.44. The van der Waals surface area contributed by atoms with Gasteiger partial charge in [0.1, 0.15) is 0 Å². The van der Waals surface area contributed by atoms with E-state index in [9.17, 15) is 5.26 Å². The van der Waals surface area contributed by atoms with Crippen molar-refractivity contribution >= 4 is 0 Å². The zero-order valence-corrected chi connectivity index (χ0v) is 5.44. The Hall–Kier alpha value is -0.0800. The molecule has 0 aromatic heterocycles.